The molecule has 0 unspecified atom stereocenters. The highest BCUT2D eigenvalue weighted by molar-refractivity contribution is 7.16. The molecule has 0 radical (unpaired) electrons. The van der Waals surface area contributed by atoms with Gasteiger partial charge in [0.25, 0.3) is 0 Å². The number of likely N-dealkylation sites (N-methyl/N-ethyl adjacent to an activating group) is 1. The number of Topliss-reactive ketones (excluding diaryl/α,β-unsaturated/α-hetero) is 1. The maximum absolute atomic E-state index is 12.5. The largest absolute Gasteiger partial charge is 0.368 e. The molecule has 26 heavy (non-hydrogen) atoms. The summed E-state index contributed by atoms with van der Waals surface area (Å²) in [5.74, 6) is 0.207. The van der Waals surface area contributed by atoms with Crippen LogP contribution in [-0.4, -0.2) is 32.0 Å². The summed E-state index contributed by atoms with van der Waals surface area (Å²) in [5, 5.41) is 3.32. The zero-order valence-corrected chi connectivity index (χ0v) is 17.0. The molecule has 1 N–H and O–H groups in total. The average Bonchev–Trinajstić information content (AvgIpc) is 2.92. The van der Waals surface area contributed by atoms with Crippen molar-refractivity contribution < 1.29 is 4.79 Å². The van der Waals surface area contributed by atoms with Crippen molar-refractivity contribution >= 4 is 22.8 Å². The SMILES string of the molecule is CNC1CN(c2ccc(-c3sc4c(c3C(C)=O)CC(C)(C)CC4)cc2)C1. The van der Waals surface area contributed by atoms with E-state index in [-0.39, 0.29) is 5.78 Å². The van der Waals surface area contributed by atoms with E-state index in [1.807, 2.05) is 18.4 Å². The number of carbonyl (C=O) groups is 1. The van der Waals surface area contributed by atoms with Gasteiger partial charge in [0.05, 0.1) is 0 Å². The van der Waals surface area contributed by atoms with E-state index in [2.05, 4.69) is 48.3 Å². The van der Waals surface area contributed by atoms with Gasteiger partial charge in [-0.05, 0) is 61.9 Å². The monoisotopic (exact) mass is 368 g/mol. The van der Waals surface area contributed by atoms with Crippen LogP contribution in [0.5, 0.6) is 0 Å². The van der Waals surface area contributed by atoms with Crippen LogP contribution in [-0.2, 0) is 12.8 Å². The molecule has 0 saturated carbocycles. The minimum absolute atomic E-state index is 0.207. The second-order valence-corrected chi connectivity index (χ2v) is 9.65. The number of nitrogens with zero attached hydrogens (tertiary/aromatic N) is 1. The maximum Gasteiger partial charge on any atom is 0.161 e. The van der Waals surface area contributed by atoms with Crippen LogP contribution in [0.25, 0.3) is 10.4 Å². The summed E-state index contributed by atoms with van der Waals surface area (Å²) in [5.41, 5.74) is 5.04. The fraction of sp³-hybridized carbons (Fsp3) is 0.500. The Kier molecular flexibility index (Phi) is 4.44. The number of carbonyl (C=O) groups excluding carboxylic acids is 1. The molecule has 1 aliphatic heterocycles. The van der Waals surface area contributed by atoms with Crippen LogP contribution in [0, 0.1) is 5.41 Å². The van der Waals surface area contributed by atoms with Crippen molar-refractivity contribution in [2.75, 3.05) is 25.0 Å². The number of rotatable bonds is 4. The van der Waals surface area contributed by atoms with Gasteiger partial charge in [0.1, 0.15) is 0 Å². The first-order chi connectivity index (χ1) is 12.4. The summed E-state index contributed by atoms with van der Waals surface area (Å²) >= 11 is 1.84. The zero-order valence-electron chi connectivity index (χ0n) is 16.2. The summed E-state index contributed by atoms with van der Waals surface area (Å²) < 4.78 is 0. The number of anilines is 1. The van der Waals surface area contributed by atoms with Crippen molar-refractivity contribution in [2.45, 2.75) is 46.1 Å². The van der Waals surface area contributed by atoms with Gasteiger partial charge in [-0.15, -0.1) is 11.3 Å². The lowest BCUT2D eigenvalue weighted by molar-refractivity contribution is 0.101. The fourth-order valence-electron chi connectivity index (χ4n) is 4.19. The van der Waals surface area contributed by atoms with Crippen LogP contribution in [0.1, 0.15) is 48.0 Å². The Morgan fingerprint density at radius 2 is 1.92 bits per heavy atom. The van der Waals surface area contributed by atoms with Gasteiger partial charge in [0.2, 0.25) is 0 Å². The third kappa shape index (κ3) is 3.10. The van der Waals surface area contributed by atoms with Crippen molar-refractivity contribution in [3.8, 4) is 10.4 Å². The first kappa shape index (κ1) is 17.7. The van der Waals surface area contributed by atoms with E-state index in [4.69, 9.17) is 0 Å². The van der Waals surface area contributed by atoms with Gasteiger partial charge in [-0.25, -0.2) is 0 Å². The highest BCUT2D eigenvalue weighted by atomic mass is 32.1. The predicted octanol–water partition coefficient (Wildman–Crippen LogP) is 4.54. The van der Waals surface area contributed by atoms with Crippen molar-refractivity contribution in [2.24, 2.45) is 5.41 Å². The molecule has 0 amide bonds. The maximum atomic E-state index is 12.5. The number of nitrogens with one attached hydrogen (secondary N) is 1. The molecule has 1 fully saturated rings. The van der Waals surface area contributed by atoms with Gasteiger partial charge in [-0.1, -0.05) is 26.0 Å². The number of ketones is 1. The lowest BCUT2D eigenvalue weighted by atomic mass is 9.75. The third-order valence-electron chi connectivity index (χ3n) is 5.91. The van der Waals surface area contributed by atoms with Crippen molar-refractivity contribution in [1.82, 2.24) is 5.32 Å². The van der Waals surface area contributed by atoms with Crippen molar-refractivity contribution in [1.29, 1.82) is 0 Å². The fourth-order valence-corrected chi connectivity index (χ4v) is 5.56. The summed E-state index contributed by atoms with van der Waals surface area (Å²) in [6, 6.07) is 9.39. The Morgan fingerprint density at radius 3 is 2.54 bits per heavy atom. The highest BCUT2D eigenvalue weighted by Crippen LogP contribution is 2.45. The second kappa shape index (κ2) is 6.50. The molecule has 2 aromatic rings. The molecule has 0 bridgehead atoms. The van der Waals surface area contributed by atoms with Crippen LogP contribution in [0.4, 0.5) is 5.69 Å². The summed E-state index contributed by atoms with van der Waals surface area (Å²) in [7, 11) is 2.02. The molecule has 1 saturated heterocycles. The van der Waals surface area contributed by atoms with Crippen molar-refractivity contribution in [3.63, 3.8) is 0 Å². The number of hydrogen-bond donors (Lipinski definition) is 1. The van der Waals surface area contributed by atoms with Gasteiger partial charge < -0.3 is 10.2 Å². The Morgan fingerprint density at radius 1 is 1.23 bits per heavy atom. The number of benzene rings is 1. The minimum Gasteiger partial charge on any atom is -0.368 e. The normalized spacial score (nSPS) is 19.2. The first-order valence-electron chi connectivity index (χ1n) is 9.56. The Bertz CT molecular complexity index is 829. The van der Waals surface area contributed by atoms with E-state index in [9.17, 15) is 4.79 Å². The van der Waals surface area contributed by atoms with Crippen molar-refractivity contribution in [3.05, 3.63) is 40.3 Å². The van der Waals surface area contributed by atoms with E-state index in [1.54, 1.807) is 6.92 Å². The smallest absolute Gasteiger partial charge is 0.161 e. The Labute approximate surface area is 160 Å². The van der Waals surface area contributed by atoms with Crippen LogP contribution in [0.3, 0.4) is 0 Å². The lowest BCUT2D eigenvalue weighted by Crippen LogP contribution is -2.57. The molecule has 2 heterocycles. The van der Waals surface area contributed by atoms with E-state index < -0.39 is 0 Å². The molecule has 3 nitrogen and oxygen atoms in total. The third-order valence-corrected chi connectivity index (χ3v) is 7.25. The predicted molar refractivity (Wildman–Crippen MR) is 111 cm³/mol. The van der Waals surface area contributed by atoms with E-state index in [1.165, 1.54) is 33.0 Å². The van der Waals surface area contributed by atoms with Gasteiger partial charge in [-0.2, -0.15) is 0 Å². The molecule has 4 rings (SSSR count). The van der Waals surface area contributed by atoms with E-state index >= 15 is 0 Å². The zero-order chi connectivity index (χ0) is 18.5. The topological polar surface area (TPSA) is 32.3 Å². The Balaban J connectivity index is 1.66. The number of hydrogen-bond acceptors (Lipinski definition) is 4. The molecule has 1 aliphatic carbocycles. The average molecular weight is 369 g/mol. The molecular formula is C22H28N2OS. The summed E-state index contributed by atoms with van der Waals surface area (Å²) in [6.07, 6.45) is 3.33. The van der Waals surface area contributed by atoms with Gasteiger partial charge in [-0.3, -0.25) is 4.79 Å². The van der Waals surface area contributed by atoms with Gasteiger partial charge in [0, 0.05) is 40.1 Å². The standard InChI is InChI=1S/C22H28N2OS/c1-14(25)20-18-11-22(2,3)10-9-19(18)26-21(20)15-5-7-17(8-6-15)24-12-16(13-24)23-4/h5-8,16,23H,9-13H2,1-4H3. The molecule has 0 atom stereocenters. The van der Waals surface area contributed by atoms with Gasteiger partial charge >= 0.3 is 0 Å². The van der Waals surface area contributed by atoms with E-state index in [0.29, 0.717) is 11.5 Å². The number of thiophene rings is 1. The number of aryl methyl sites for hydroxylation is 1. The van der Waals surface area contributed by atoms with Crippen LogP contribution in [0.15, 0.2) is 24.3 Å². The van der Waals surface area contributed by atoms with Crippen LogP contribution >= 0.6 is 11.3 Å². The molecule has 0 spiro atoms. The van der Waals surface area contributed by atoms with Gasteiger partial charge in [0.15, 0.2) is 5.78 Å². The summed E-state index contributed by atoms with van der Waals surface area (Å²) in [6.45, 7) is 8.49. The molecular weight excluding hydrogens is 340 g/mol. The van der Waals surface area contributed by atoms with Crippen LogP contribution < -0.4 is 10.2 Å². The highest BCUT2D eigenvalue weighted by Gasteiger charge is 2.32. The Hall–Kier alpha value is -1.65. The molecule has 138 valence electrons. The molecule has 4 heteroatoms. The first-order valence-corrected chi connectivity index (χ1v) is 10.4. The quantitative estimate of drug-likeness (QED) is 0.804. The number of fused-ring (bicyclic) bond motifs is 1. The second-order valence-electron chi connectivity index (χ2n) is 8.54. The van der Waals surface area contributed by atoms with Crippen LogP contribution in [0.2, 0.25) is 0 Å². The summed E-state index contributed by atoms with van der Waals surface area (Å²) in [4.78, 5) is 17.5. The molecule has 2 aliphatic rings. The lowest BCUT2D eigenvalue weighted by Gasteiger charge is -2.40. The molecule has 1 aromatic carbocycles. The minimum atomic E-state index is 0.207. The molecule has 1 aromatic heterocycles. The van der Waals surface area contributed by atoms with E-state index in [0.717, 1.165) is 31.5 Å².